The number of hydrogen-bond donors (Lipinski definition) is 4. The molecule has 2 aromatic carbocycles. The average Bonchev–Trinajstić information content (AvgIpc) is 2.79. The van der Waals surface area contributed by atoms with Gasteiger partial charge in [-0.1, -0.05) is 23.7 Å². The molecule has 0 unspecified atom stereocenters. The van der Waals surface area contributed by atoms with E-state index in [1.807, 2.05) is 6.07 Å². The molecule has 108 valence electrons. The third kappa shape index (κ3) is 2.60. The van der Waals surface area contributed by atoms with E-state index in [9.17, 15) is 15.0 Å². The first-order valence-electron chi connectivity index (χ1n) is 6.40. The van der Waals surface area contributed by atoms with E-state index in [0.29, 0.717) is 29.2 Å². The highest BCUT2D eigenvalue weighted by molar-refractivity contribution is 6.33. The molecule has 0 saturated heterocycles. The second kappa shape index (κ2) is 5.18. The topological polar surface area (TPSA) is 81.6 Å². The zero-order chi connectivity index (χ0) is 15.0. The summed E-state index contributed by atoms with van der Waals surface area (Å²) in [6, 6.07) is 8.29. The molecule has 1 aliphatic rings. The monoisotopic (exact) mass is 304 g/mol. The van der Waals surface area contributed by atoms with Gasteiger partial charge in [0.25, 0.3) is 0 Å². The van der Waals surface area contributed by atoms with E-state index in [0.717, 1.165) is 11.3 Å². The van der Waals surface area contributed by atoms with Crippen molar-refractivity contribution in [1.82, 2.24) is 0 Å². The van der Waals surface area contributed by atoms with E-state index in [-0.39, 0.29) is 17.4 Å². The van der Waals surface area contributed by atoms with Gasteiger partial charge in [0.2, 0.25) is 5.91 Å². The number of carbonyl (C=O) groups excluding carboxylic acids is 1. The van der Waals surface area contributed by atoms with Crippen LogP contribution in [0.25, 0.3) is 0 Å². The lowest BCUT2D eigenvalue weighted by atomic mass is 10.1. The Balaban J connectivity index is 1.81. The maximum atomic E-state index is 11.3. The molecule has 1 amide bonds. The Morgan fingerprint density at radius 1 is 1.29 bits per heavy atom. The Labute approximate surface area is 126 Å². The Kier molecular flexibility index (Phi) is 3.35. The molecular weight excluding hydrogens is 292 g/mol. The molecule has 0 spiro atoms. The number of para-hydroxylation sites is 1. The van der Waals surface area contributed by atoms with Crippen molar-refractivity contribution in [2.45, 2.75) is 13.0 Å². The van der Waals surface area contributed by atoms with E-state index in [4.69, 9.17) is 11.6 Å². The molecule has 1 aliphatic heterocycles. The van der Waals surface area contributed by atoms with E-state index >= 15 is 0 Å². The van der Waals surface area contributed by atoms with Gasteiger partial charge in [-0.25, -0.2) is 0 Å². The number of halogens is 1. The highest BCUT2D eigenvalue weighted by Crippen LogP contribution is 2.34. The highest BCUT2D eigenvalue weighted by Gasteiger charge is 2.19. The van der Waals surface area contributed by atoms with Crippen molar-refractivity contribution < 1.29 is 15.0 Å². The Hall–Kier alpha value is -2.40. The van der Waals surface area contributed by atoms with Gasteiger partial charge in [-0.3, -0.25) is 4.79 Å². The lowest BCUT2D eigenvalue weighted by Crippen LogP contribution is -2.03. The maximum Gasteiger partial charge on any atom is 0.228 e. The van der Waals surface area contributed by atoms with Gasteiger partial charge in [0.05, 0.1) is 17.1 Å². The van der Waals surface area contributed by atoms with Crippen LogP contribution in [-0.4, -0.2) is 16.1 Å². The predicted octanol–water partition coefficient (Wildman–Crippen LogP) is 2.86. The SMILES string of the molecule is O=C1Cc2cc(NCc3cccc(O)c3O)c(Cl)cc2N1. The number of rotatable bonds is 3. The van der Waals surface area contributed by atoms with Crippen LogP contribution in [0.2, 0.25) is 5.02 Å². The Morgan fingerprint density at radius 2 is 2.10 bits per heavy atom. The lowest BCUT2D eigenvalue weighted by molar-refractivity contribution is -0.115. The standard InChI is InChI=1S/C15H13ClN2O3/c16-10-6-11-9(5-14(20)18-11)4-12(10)17-7-8-2-1-3-13(19)15(8)21/h1-4,6,17,19,21H,5,7H2,(H,18,20). The summed E-state index contributed by atoms with van der Waals surface area (Å²) in [4.78, 5) is 11.3. The molecule has 0 saturated carbocycles. The summed E-state index contributed by atoms with van der Waals surface area (Å²) in [5.41, 5.74) is 2.85. The second-order valence-corrected chi connectivity index (χ2v) is 5.26. The molecule has 4 N–H and O–H groups in total. The van der Waals surface area contributed by atoms with Gasteiger partial charge in [-0.2, -0.15) is 0 Å². The van der Waals surface area contributed by atoms with Gasteiger partial charge >= 0.3 is 0 Å². The molecule has 0 fully saturated rings. The molecule has 0 aromatic heterocycles. The minimum Gasteiger partial charge on any atom is -0.504 e. The van der Waals surface area contributed by atoms with Crippen LogP contribution in [0.5, 0.6) is 11.5 Å². The van der Waals surface area contributed by atoms with Crippen molar-refractivity contribution in [1.29, 1.82) is 0 Å². The number of anilines is 2. The van der Waals surface area contributed by atoms with Crippen molar-refractivity contribution in [2.24, 2.45) is 0 Å². The van der Waals surface area contributed by atoms with E-state index < -0.39 is 0 Å². The number of amides is 1. The fourth-order valence-electron chi connectivity index (χ4n) is 2.29. The number of fused-ring (bicyclic) bond motifs is 1. The maximum absolute atomic E-state index is 11.3. The van der Waals surface area contributed by atoms with Crippen LogP contribution in [0.1, 0.15) is 11.1 Å². The summed E-state index contributed by atoms with van der Waals surface area (Å²) in [7, 11) is 0. The average molecular weight is 305 g/mol. The third-order valence-electron chi connectivity index (χ3n) is 3.39. The van der Waals surface area contributed by atoms with Crippen LogP contribution in [0.4, 0.5) is 11.4 Å². The fraction of sp³-hybridized carbons (Fsp3) is 0.133. The first kappa shape index (κ1) is 13.6. The molecule has 0 bridgehead atoms. The van der Waals surface area contributed by atoms with E-state index in [1.54, 1.807) is 18.2 Å². The van der Waals surface area contributed by atoms with Crippen molar-refractivity contribution >= 4 is 28.9 Å². The highest BCUT2D eigenvalue weighted by atomic mass is 35.5. The number of nitrogens with one attached hydrogen (secondary N) is 2. The lowest BCUT2D eigenvalue weighted by Gasteiger charge is -2.12. The zero-order valence-corrected chi connectivity index (χ0v) is 11.7. The number of carbonyl (C=O) groups is 1. The van der Waals surface area contributed by atoms with E-state index in [2.05, 4.69) is 10.6 Å². The minimum absolute atomic E-state index is 0.0520. The second-order valence-electron chi connectivity index (χ2n) is 4.85. The van der Waals surface area contributed by atoms with Crippen LogP contribution in [0.3, 0.4) is 0 Å². The molecule has 21 heavy (non-hydrogen) atoms. The van der Waals surface area contributed by atoms with Gasteiger partial charge < -0.3 is 20.8 Å². The smallest absolute Gasteiger partial charge is 0.228 e. The molecule has 6 heteroatoms. The van der Waals surface area contributed by atoms with Gasteiger partial charge in [0, 0.05) is 17.8 Å². The third-order valence-corrected chi connectivity index (χ3v) is 3.70. The number of benzene rings is 2. The first-order valence-corrected chi connectivity index (χ1v) is 6.78. The number of phenolic OH excluding ortho intramolecular Hbond substituents is 2. The van der Waals surface area contributed by atoms with Gasteiger partial charge in [-0.05, 0) is 23.8 Å². The summed E-state index contributed by atoms with van der Waals surface area (Å²) < 4.78 is 0. The fourth-order valence-corrected chi connectivity index (χ4v) is 2.52. The summed E-state index contributed by atoms with van der Waals surface area (Å²) >= 11 is 6.17. The normalized spacial score (nSPS) is 12.9. The van der Waals surface area contributed by atoms with Crippen LogP contribution in [0, 0.1) is 0 Å². The molecule has 0 aliphatic carbocycles. The van der Waals surface area contributed by atoms with Crippen LogP contribution in [0.15, 0.2) is 30.3 Å². The van der Waals surface area contributed by atoms with Crippen molar-refractivity contribution in [3.05, 3.63) is 46.5 Å². The van der Waals surface area contributed by atoms with E-state index in [1.165, 1.54) is 6.07 Å². The van der Waals surface area contributed by atoms with Crippen molar-refractivity contribution in [2.75, 3.05) is 10.6 Å². The molecule has 0 radical (unpaired) electrons. The molecule has 1 heterocycles. The largest absolute Gasteiger partial charge is 0.504 e. The first-order chi connectivity index (χ1) is 10.0. The molecule has 3 rings (SSSR count). The molecule has 2 aromatic rings. The van der Waals surface area contributed by atoms with Crippen LogP contribution in [-0.2, 0) is 17.8 Å². The van der Waals surface area contributed by atoms with Crippen molar-refractivity contribution in [3.63, 3.8) is 0 Å². The van der Waals surface area contributed by atoms with Gasteiger partial charge in [-0.15, -0.1) is 0 Å². The summed E-state index contributed by atoms with van der Waals surface area (Å²) in [5.74, 6) is -0.368. The summed E-state index contributed by atoms with van der Waals surface area (Å²) in [5, 5.41) is 25.5. The summed E-state index contributed by atoms with van der Waals surface area (Å²) in [6.07, 6.45) is 0.332. The number of aromatic hydroxyl groups is 2. The molecular formula is C15H13ClN2O3. The van der Waals surface area contributed by atoms with Crippen LogP contribution >= 0.6 is 11.6 Å². The Morgan fingerprint density at radius 3 is 2.90 bits per heavy atom. The number of phenols is 2. The quantitative estimate of drug-likeness (QED) is 0.657. The van der Waals surface area contributed by atoms with Gasteiger partial charge in [0.1, 0.15) is 0 Å². The molecule has 5 nitrogen and oxygen atoms in total. The minimum atomic E-state index is -0.163. The number of hydrogen-bond acceptors (Lipinski definition) is 4. The van der Waals surface area contributed by atoms with Crippen LogP contribution < -0.4 is 10.6 Å². The Bertz CT molecular complexity index is 731. The summed E-state index contributed by atoms with van der Waals surface area (Å²) in [6.45, 7) is 0.306. The predicted molar refractivity (Wildman–Crippen MR) is 80.9 cm³/mol. The van der Waals surface area contributed by atoms with Gasteiger partial charge in [0.15, 0.2) is 11.5 Å². The van der Waals surface area contributed by atoms with Crippen molar-refractivity contribution in [3.8, 4) is 11.5 Å². The zero-order valence-electron chi connectivity index (χ0n) is 11.0. The molecule has 0 atom stereocenters.